The van der Waals surface area contributed by atoms with Crippen molar-refractivity contribution in [3.63, 3.8) is 0 Å². The van der Waals surface area contributed by atoms with E-state index >= 15 is 0 Å². The van der Waals surface area contributed by atoms with Crippen molar-refractivity contribution >= 4 is 5.69 Å². The molecule has 1 aromatic rings. The van der Waals surface area contributed by atoms with E-state index in [4.69, 9.17) is 0 Å². The Hall–Kier alpha value is -1.05. The van der Waals surface area contributed by atoms with Crippen molar-refractivity contribution in [1.82, 2.24) is 4.98 Å². The fraction of sp³-hybridized carbons (Fsp3) is 0.667. The summed E-state index contributed by atoms with van der Waals surface area (Å²) < 4.78 is 0. The summed E-state index contributed by atoms with van der Waals surface area (Å²) in [4.78, 5) is 4.49. The van der Waals surface area contributed by atoms with Gasteiger partial charge < -0.3 is 5.32 Å². The summed E-state index contributed by atoms with van der Waals surface area (Å²) in [6, 6.07) is 0. The van der Waals surface area contributed by atoms with Gasteiger partial charge in [-0.2, -0.15) is 0 Å². The monoisotopic (exact) mass is 236 g/mol. The van der Waals surface area contributed by atoms with Crippen LogP contribution in [-0.2, 0) is 12.8 Å². The molecule has 17 heavy (non-hydrogen) atoms. The van der Waals surface area contributed by atoms with Crippen molar-refractivity contribution in [2.75, 3.05) is 11.9 Å². The highest BCUT2D eigenvalue weighted by atomic mass is 14.9. The maximum absolute atomic E-state index is 4.49. The molecule has 0 amide bonds. The third-order valence-electron chi connectivity index (χ3n) is 2.79. The first-order valence-electron chi connectivity index (χ1n) is 7.04. The number of hydrogen-bond acceptors (Lipinski definition) is 2. The minimum atomic E-state index is 1.08. The first-order valence-corrected chi connectivity index (χ1v) is 7.04. The molecule has 2 nitrogen and oxygen atoms in total. The molecular formula is C15H28N2. The normalized spacial score (nSPS) is 12.1. The first-order chi connectivity index (χ1) is 8.33. The van der Waals surface area contributed by atoms with Gasteiger partial charge in [0.2, 0.25) is 0 Å². The molecule has 0 unspecified atom stereocenters. The summed E-state index contributed by atoms with van der Waals surface area (Å²) >= 11 is 0. The van der Waals surface area contributed by atoms with E-state index in [2.05, 4.69) is 24.1 Å². The molecule has 0 bridgehead atoms. The summed E-state index contributed by atoms with van der Waals surface area (Å²) in [7, 11) is 0. The number of nitrogens with zero attached hydrogens (tertiary/aromatic N) is 1. The number of fused-ring (bicyclic) bond motifs is 1. The lowest BCUT2D eigenvalue weighted by Gasteiger charge is -2.20. The molecule has 0 fully saturated rings. The number of aromatic nitrogens is 1. The van der Waals surface area contributed by atoms with E-state index in [9.17, 15) is 0 Å². The van der Waals surface area contributed by atoms with Crippen molar-refractivity contribution in [2.45, 2.75) is 60.8 Å². The van der Waals surface area contributed by atoms with Gasteiger partial charge in [0, 0.05) is 12.7 Å². The third kappa shape index (κ3) is 4.03. The first kappa shape index (κ1) is 16.0. The van der Waals surface area contributed by atoms with Crippen LogP contribution in [0.1, 0.15) is 57.9 Å². The summed E-state index contributed by atoms with van der Waals surface area (Å²) in [6.45, 7) is 13.5. The second-order valence-electron chi connectivity index (χ2n) is 3.61. The van der Waals surface area contributed by atoms with Crippen molar-refractivity contribution in [1.29, 1.82) is 0 Å². The van der Waals surface area contributed by atoms with E-state index in [0.717, 1.165) is 19.4 Å². The number of hydrogen-bond donors (Lipinski definition) is 1. The fourth-order valence-electron chi connectivity index (χ4n) is 1.94. The molecule has 0 spiro atoms. The number of anilines is 1. The molecule has 0 radical (unpaired) electrons. The molecule has 98 valence electrons. The molecule has 2 rings (SSSR count). The van der Waals surface area contributed by atoms with Crippen molar-refractivity contribution in [3.8, 4) is 0 Å². The minimum Gasteiger partial charge on any atom is -0.383 e. The van der Waals surface area contributed by atoms with Gasteiger partial charge in [-0.05, 0) is 37.3 Å². The lowest BCUT2D eigenvalue weighted by molar-refractivity contribution is 0.794. The van der Waals surface area contributed by atoms with Gasteiger partial charge in [0.15, 0.2) is 0 Å². The predicted molar refractivity (Wildman–Crippen MR) is 77.9 cm³/mol. The maximum Gasteiger partial charge on any atom is 0.0638 e. The maximum atomic E-state index is 4.49. The van der Waals surface area contributed by atoms with Crippen LogP contribution in [0.2, 0.25) is 0 Å². The highest BCUT2D eigenvalue weighted by Gasteiger charge is 2.13. The summed E-state index contributed by atoms with van der Waals surface area (Å²) in [5.74, 6) is 0. The second kappa shape index (κ2) is 9.03. The number of nitrogens with one attached hydrogen (secondary N) is 1. The van der Waals surface area contributed by atoms with Crippen LogP contribution in [0, 0.1) is 6.92 Å². The van der Waals surface area contributed by atoms with Gasteiger partial charge in [-0.15, -0.1) is 0 Å². The standard InChI is InChI=1S/C11H16N2.2C2H6/c1-3-9-7-13-10-5-4-6-12-11(10)8(9)2;2*1-2/h7,12H,3-6H2,1-2H3;2*1-2H3. The van der Waals surface area contributed by atoms with E-state index in [1.807, 2.05) is 33.9 Å². The smallest absolute Gasteiger partial charge is 0.0638 e. The van der Waals surface area contributed by atoms with Crippen molar-refractivity contribution < 1.29 is 0 Å². The van der Waals surface area contributed by atoms with Gasteiger partial charge >= 0.3 is 0 Å². The van der Waals surface area contributed by atoms with Gasteiger partial charge in [0.05, 0.1) is 11.4 Å². The van der Waals surface area contributed by atoms with E-state index in [0.29, 0.717) is 0 Å². The zero-order chi connectivity index (χ0) is 13.3. The molecule has 1 aliphatic heterocycles. The molecule has 2 heteroatoms. The Morgan fingerprint density at radius 3 is 2.47 bits per heavy atom. The molecule has 2 heterocycles. The zero-order valence-electron chi connectivity index (χ0n) is 12.4. The molecular weight excluding hydrogens is 208 g/mol. The SMILES string of the molecule is CC.CC.CCc1cnc2c(c1C)NCCC2. The lowest BCUT2D eigenvalue weighted by Crippen LogP contribution is -2.15. The Balaban J connectivity index is 0.000000581. The Kier molecular flexibility index (Phi) is 8.47. The molecule has 1 aromatic heterocycles. The summed E-state index contributed by atoms with van der Waals surface area (Å²) in [5, 5.41) is 3.44. The highest BCUT2D eigenvalue weighted by molar-refractivity contribution is 5.58. The Bertz CT molecular complexity index is 319. The van der Waals surface area contributed by atoms with Crippen LogP contribution >= 0.6 is 0 Å². The topological polar surface area (TPSA) is 24.9 Å². The molecule has 0 saturated heterocycles. The number of rotatable bonds is 1. The zero-order valence-corrected chi connectivity index (χ0v) is 12.4. The third-order valence-corrected chi connectivity index (χ3v) is 2.79. The summed E-state index contributed by atoms with van der Waals surface area (Å²) in [5.41, 5.74) is 5.31. The van der Waals surface area contributed by atoms with Gasteiger partial charge in [-0.3, -0.25) is 4.98 Å². The number of pyridine rings is 1. The fourth-order valence-corrected chi connectivity index (χ4v) is 1.94. The van der Waals surface area contributed by atoms with Crippen LogP contribution < -0.4 is 5.32 Å². The summed E-state index contributed by atoms with van der Waals surface area (Å²) in [6.07, 6.45) is 5.45. The van der Waals surface area contributed by atoms with Crippen LogP contribution in [0.5, 0.6) is 0 Å². The molecule has 1 N–H and O–H groups in total. The minimum absolute atomic E-state index is 1.08. The van der Waals surface area contributed by atoms with E-state index in [1.165, 1.54) is 28.9 Å². The Morgan fingerprint density at radius 2 is 1.88 bits per heavy atom. The van der Waals surface area contributed by atoms with Crippen molar-refractivity contribution in [3.05, 3.63) is 23.0 Å². The predicted octanol–water partition coefficient (Wildman–Crippen LogP) is 4.36. The van der Waals surface area contributed by atoms with Crippen LogP contribution in [0.4, 0.5) is 5.69 Å². The second-order valence-corrected chi connectivity index (χ2v) is 3.61. The quantitative estimate of drug-likeness (QED) is 0.783. The molecule has 0 atom stereocenters. The van der Waals surface area contributed by atoms with Gasteiger partial charge in [0.1, 0.15) is 0 Å². The lowest BCUT2D eigenvalue weighted by atomic mass is 10.0. The van der Waals surface area contributed by atoms with Gasteiger partial charge in [0.25, 0.3) is 0 Å². The number of aryl methyl sites for hydroxylation is 2. The molecule has 0 saturated carbocycles. The van der Waals surface area contributed by atoms with Crippen LogP contribution in [0.3, 0.4) is 0 Å². The van der Waals surface area contributed by atoms with E-state index in [-0.39, 0.29) is 0 Å². The van der Waals surface area contributed by atoms with Crippen LogP contribution in [0.25, 0.3) is 0 Å². The van der Waals surface area contributed by atoms with E-state index < -0.39 is 0 Å². The average Bonchev–Trinajstić information content (AvgIpc) is 2.44. The highest BCUT2D eigenvalue weighted by Crippen LogP contribution is 2.26. The molecule has 0 aromatic carbocycles. The molecule has 1 aliphatic rings. The largest absolute Gasteiger partial charge is 0.383 e. The van der Waals surface area contributed by atoms with Crippen LogP contribution in [-0.4, -0.2) is 11.5 Å². The Morgan fingerprint density at radius 1 is 1.24 bits per heavy atom. The van der Waals surface area contributed by atoms with E-state index in [1.54, 1.807) is 0 Å². The van der Waals surface area contributed by atoms with Crippen LogP contribution in [0.15, 0.2) is 6.20 Å². The average molecular weight is 236 g/mol. The van der Waals surface area contributed by atoms with Gasteiger partial charge in [-0.25, -0.2) is 0 Å². The van der Waals surface area contributed by atoms with Crippen molar-refractivity contribution in [2.24, 2.45) is 0 Å². The molecule has 0 aliphatic carbocycles. The van der Waals surface area contributed by atoms with Gasteiger partial charge in [-0.1, -0.05) is 34.6 Å². The Labute approximate surface area is 107 Å².